The van der Waals surface area contributed by atoms with Crippen LogP contribution in [-0.4, -0.2) is 44.8 Å². The molecule has 18 heavy (non-hydrogen) atoms. The Labute approximate surface area is 110 Å². The van der Waals surface area contributed by atoms with Crippen LogP contribution in [0.3, 0.4) is 0 Å². The summed E-state index contributed by atoms with van der Waals surface area (Å²) in [5.41, 5.74) is 2.98. The van der Waals surface area contributed by atoms with Crippen molar-refractivity contribution >= 4 is 0 Å². The van der Waals surface area contributed by atoms with Gasteiger partial charge in [0.05, 0.1) is 6.61 Å². The number of fused-ring (bicyclic) bond motifs is 1. The van der Waals surface area contributed by atoms with Crippen LogP contribution in [-0.2, 0) is 11.2 Å². The van der Waals surface area contributed by atoms with E-state index in [4.69, 9.17) is 4.74 Å². The standard InChI is InChI=1S/C15H24N2O/c1-3-17(10-11-18-2)12-15-14-7-5-4-6-13(14)8-9-16-15/h4-7,15-16H,3,8-12H2,1-2H3. The van der Waals surface area contributed by atoms with E-state index in [1.807, 2.05) is 0 Å². The molecule has 3 heteroatoms. The van der Waals surface area contributed by atoms with E-state index in [0.29, 0.717) is 6.04 Å². The smallest absolute Gasteiger partial charge is 0.0589 e. The fourth-order valence-corrected chi connectivity index (χ4v) is 2.61. The molecule has 1 aromatic carbocycles. The minimum absolute atomic E-state index is 0.465. The van der Waals surface area contributed by atoms with Gasteiger partial charge in [0, 0.05) is 26.2 Å². The SMILES string of the molecule is CCN(CCOC)CC1NCCc2ccccc21. The molecule has 100 valence electrons. The van der Waals surface area contributed by atoms with Gasteiger partial charge in [-0.25, -0.2) is 0 Å². The Hall–Kier alpha value is -0.900. The number of hydrogen-bond acceptors (Lipinski definition) is 3. The van der Waals surface area contributed by atoms with Crippen LogP contribution >= 0.6 is 0 Å². The van der Waals surface area contributed by atoms with Gasteiger partial charge in [-0.2, -0.15) is 0 Å². The third-order valence-corrected chi connectivity index (χ3v) is 3.72. The third-order valence-electron chi connectivity index (χ3n) is 3.72. The summed E-state index contributed by atoms with van der Waals surface area (Å²) in [4.78, 5) is 2.45. The summed E-state index contributed by atoms with van der Waals surface area (Å²) in [7, 11) is 1.77. The molecule has 0 radical (unpaired) electrons. The van der Waals surface area contributed by atoms with E-state index in [2.05, 4.69) is 41.4 Å². The van der Waals surface area contributed by atoms with Crippen molar-refractivity contribution in [1.29, 1.82) is 0 Å². The molecule has 1 heterocycles. The second-order valence-electron chi connectivity index (χ2n) is 4.84. The fourth-order valence-electron chi connectivity index (χ4n) is 2.61. The van der Waals surface area contributed by atoms with Crippen molar-refractivity contribution in [3.8, 4) is 0 Å². The molecule has 1 aliphatic rings. The van der Waals surface area contributed by atoms with Gasteiger partial charge < -0.3 is 10.1 Å². The predicted molar refractivity (Wildman–Crippen MR) is 74.9 cm³/mol. The third kappa shape index (κ3) is 3.31. The van der Waals surface area contributed by atoms with Gasteiger partial charge in [0.25, 0.3) is 0 Å². The topological polar surface area (TPSA) is 24.5 Å². The van der Waals surface area contributed by atoms with Gasteiger partial charge in [-0.15, -0.1) is 0 Å². The lowest BCUT2D eigenvalue weighted by molar-refractivity contribution is 0.143. The minimum Gasteiger partial charge on any atom is -0.383 e. The predicted octanol–water partition coefficient (Wildman–Crippen LogP) is 1.84. The number of nitrogens with one attached hydrogen (secondary N) is 1. The molecular weight excluding hydrogens is 224 g/mol. The first kappa shape index (κ1) is 13.5. The number of ether oxygens (including phenoxy) is 1. The molecule has 0 bridgehead atoms. The van der Waals surface area contributed by atoms with E-state index in [0.717, 1.165) is 39.2 Å². The lowest BCUT2D eigenvalue weighted by Gasteiger charge is -2.31. The van der Waals surface area contributed by atoms with Gasteiger partial charge in [-0.3, -0.25) is 4.90 Å². The van der Waals surface area contributed by atoms with Crippen LogP contribution in [0.5, 0.6) is 0 Å². The van der Waals surface area contributed by atoms with E-state index in [1.165, 1.54) is 11.1 Å². The van der Waals surface area contributed by atoms with E-state index in [-0.39, 0.29) is 0 Å². The minimum atomic E-state index is 0.465. The second kappa shape index (κ2) is 6.88. The summed E-state index contributed by atoms with van der Waals surface area (Å²) in [5, 5.41) is 3.63. The Bertz CT molecular complexity index is 367. The monoisotopic (exact) mass is 248 g/mol. The molecule has 0 aromatic heterocycles. The molecule has 0 saturated carbocycles. The highest BCUT2D eigenvalue weighted by atomic mass is 16.5. The summed E-state index contributed by atoms with van der Waals surface area (Å²) in [5.74, 6) is 0. The lowest BCUT2D eigenvalue weighted by Crippen LogP contribution is -2.40. The highest BCUT2D eigenvalue weighted by molar-refractivity contribution is 5.32. The quantitative estimate of drug-likeness (QED) is 0.831. The average Bonchev–Trinajstić information content (AvgIpc) is 2.43. The maximum absolute atomic E-state index is 5.17. The Morgan fingerprint density at radius 3 is 3.00 bits per heavy atom. The van der Waals surface area contributed by atoms with Crippen LogP contribution in [0.2, 0.25) is 0 Å². The first-order valence-corrected chi connectivity index (χ1v) is 6.87. The zero-order valence-corrected chi connectivity index (χ0v) is 11.5. The highest BCUT2D eigenvalue weighted by Crippen LogP contribution is 2.23. The van der Waals surface area contributed by atoms with E-state index in [1.54, 1.807) is 7.11 Å². The van der Waals surface area contributed by atoms with Crippen molar-refractivity contribution in [2.24, 2.45) is 0 Å². The van der Waals surface area contributed by atoms with Gasteiger partial charge in [0.15, 0.2) is 0 Å². The van der Waals surface area contributed by atoms with Crippen molar-refractivity contribution in [2.75, 3.05) is 39.9 Å². The van der Waals surface area contributed by atoms with E-state index in [9.17, 15) is 0 Å². The van der Waals surface area contributed by atoms with Crippen LogP contribution in [0.25, 0.3) is 0 Å². The molecule has 3 nitrogen and oxygen atoms in total. The maximum atomic E-state index is 5.17. The van der Waals surface area contributed by atoms with Gasteiger partial charge in [0.1, 0.15) is 0 Å². The molecular formula is C15H24N2O. The van der Waals surface area contributed by atoms with Crippen LogP contribution in [0.4, 0.5) is 0 Å². The molecule has 1 N–H and O–H groups in total. The second-order valence-corrected chi connectivity index (χ2v) is 4.84. The molecule has 1 unspecified atom stereocenters. The van der Waals surface area contributed by atoms with Crippen LogP contribution < -0.4 is 5.32 Å². The average molecular weight is 248 g/mol. The highest BCUT2D eigenvalue weighted by Gasteiger charge is 2.20. The maximum Gasteiger partial charge on any atom is 0.0589 e. The first-order valence-electron chi connectivity index (χ1n) is 6.87. The molecule has 0 fully saturated rings. The molecule has 2 rings (SSSR count). The largest absolute Gasteiger partial charge is 0.383 e. The number of nitrogens with zero attached hydrogens (tertiary/aromatic N) is 1. The van der Waals surface area contributed by atoms with E-state index < -0.39 is 0 Å². The first-order chi connectivity index (χ1) is 8.85. The fraction of sp³-hybridized carbons (Fsp3) is 0.600. The zero-order valence-electron chi connectivity index (χ0n) is 11.5. The van der Waals surface area contributed by atoms with Gasteiger partial charge in [-0.05, 0) is 30.6 Å². The number of benzene rings is 1. The van der Waals surface area contributed by atoms with Crippen LogP contribution in [0.15, 0.2) is 24.3 Å². The van der Waals surface area contributed by atoms with Gasteiger partial charge in [-0.1, -0.05) is 31.2 Å². The van der Waals surface area contributed by atoms with Crippen molar-refractivity contribution in [3.05, 3.63) is 35.4 Å². The van der Waals surface area contributed by atoms with Crippen LogP contribution in [0, 0.1) is 0 Å². The summed E-state index contributed by atoms with van der Waals surface area (Å²) in [6.07, 6.45) is 1.15. The Morgan fingerprint density at radius 1 is 1.39 bits per heavy atom. The molecule has 0 spiro atoms. The molecule has 0 aliphatic carbocycles. The Kier molecular flexibility index (Phi) is 5.17. The number of rotatable bonds is 6. The summed E-state index contributed by atoms with van der Waals surface area (Å²) in [6, 6.07) is 9.27. The molecule has 1 atom stereocenters. The summed E-state index contributed by atoms with van der Waals surface area (Å²) in [6.45, 7) is 7.25. The van der Waals surface area contributed by atoms with Crippen molar-refractivity contribution < 1.29 is 4.74 Å². The molecule has 1 aliphatic heterocycles. The number of likely N-dealkylation sites (N-methyl/N-ethyl adjacent to an activating group) is 1. The van der Waals surface area contributed by atoms with Crippen molar-refractivity contribution in [2.45, 2.75) is 19.4 Å². The molecule has 1 aromatic rings. The van der Waals surface area contributed by atoms with Crippen molar-refractivity contribution in [1.82, 2.24) is 10.2 Å². The van der Waals surface area contributed by atoms with Crippen molar-refractivity contribution in [3.63, 3.8) is 0 Å². The zero-order chi connectivity index (χ0) is 12.8. The molecule has 0 saturated heterocycles. The Morgan fingerprint density at radius 2 is 2.22 bits per heavy atom. The number of methoxy groups -OCH3 is 1. The number of hydrogen-bond donors (Lipinski definition) is 1. The molecule has 0 amide bonds. The van der Waals surface area contributed by atoms with E-state index >= 15 is 0 Å². The summed E-state index contributed by atoms with van der Waals surface area (Å²) >= 11 is 0. The van der Waals surface area contributed by atoms with Gasteiger partial charge >= 0.3 is 0 Å². The van der Waals surface area contributed by atoms with Gasteiger partial charge in [0.2, 0.25) is 0 Å². The normalized spacial score (nSPS) is 18.9. The Balaban J connectivity index is 2.01. The summed E-state index contributed by atoms with van der Waals surface area (Å²) < 4.78 is 5.17. The van der Waals surface area contributed by atoms with Crippen LogP contribution in [0.1, 0.15) is 24.1 Å². The lowest BCUT2D eigenvalue weighted by atomic mass is 9.94.